The van der Waals surface area contributed by atoms with E-state index in [0.717, 1.165) is 0 Å². The number of nitrogen functional groups attached to an aromatic ring is 1. The predicted molar refractivity (Wildman–Crippen MR) is 74.7 cm³/mol. The second-order valence-corrected chi connectivity index (χ2v) is 7.16. The van der Waals surface area contributed by atoms with Crippen molar-refractivity contribution < 1.29 is 13.5 Å². The lowest BCUT2D eigenvalue weighted by molar-refractivity contribution is 0.245. The summed E-state index contributed by atoms with van der Waals surface area (Å²) < 4.78 is 27.4. The van der Waals surface area contributed by atoms with Gasteiger partial charge in [0.1, 0.15) is 0 Å². The van der Waals surface area contributed by atoms with E-state index < -0.39 is 15.6 Å². The van der Waals surface area contributed by atoms with E-state index in [2.05, 4.69) is 20.7 Å². The fraction of sp³-hybridized carbons (Fsp3) is 0.455. The number of aliphatic hydroxyl groups is 1. The minimum Gasteiger partial charge on any atom is -0.399 e. The van der Waals surface area contributed by atoms with Gasteiger partial charge in [-0.3, -0.25) is 0 Å². The molecule has 5 nitrogen and oxygen atoms in total. The molecule has 102 valence electrons. The molecule has 1 aromatic rings. The highest BCUT2D eigenvalue weighted by Crippen LogP contribution is 2.25. The highest BCUT2D eigenvalue weighted by atomic mass is 79.9. The monoisotopic (exact) mass is 336 g/mol. The molecular formula is C11H17BrN2O3S. The number of aliphatic hydroxyl groups excluding tert-OH is 1. The van der Waals surface area contributed by atoms with E-state index in [1.54, 1.807) is 26.0 Å². The lowest BCUT2D eigenvalue weighted by Gasteiger charge is -2.25. The van der Waals surface area contributed by atoms with Crippen LogP contribution in [0.2, 0.25) is 0 Å². The second kappa shape index (κ2) is 5.56. The molecule has 0 spiro atoms. The Bertz CT molecular complexity index is 529. The fourth-order valence-electron chi connectivity index (χ4n) is 1.48. The molecule has 0 radical (unpaired) electrons. The molecule has 0 saturated heterocycles. The van der Waals surface area contributed by atoms with Gasteiger partial charge in [0.05, 0.1) is 4.90 Å². The van der Waals surface area contributed by atoms with E-state index >= 15 is 0 Å². The number of benzene rings is 1. The fourth-order valence-corrected chi connectivity index (χ4v) is 3.92. The maximum Gasteiger partial charge on any atom is 0.242 e. The molecule has 0 amide bonds. The van der Waals surface area contributed by atoms with E-state index in [-0.39, 0.29) is 11.5 Å². The Balaban J connectivity index is 3.11. The third-order valence-corrected chi connectivity index (χ3v) is 5.08. The summed E-state index contributed by atoms with van der Waals surface area (Å²) >= 11 is 3.19. The number of anilines is 1. The number of hydrogen-bond acceptors (Lipinski definition) is 4. The highest BCUT2D eigenvalue weighted by molar-refractivity contribution is 9.10. The minimum atomic E-state index is -3.68. The first-order valence-corrected chi connectivity index (χ1v) is 7.65. The van der Waals surface area contributed by atoms with Gasteiger partial charge in [-0.05, 0) is 54.4 Å². The SMILES string of the molecule is CC(C)(CCO)NS(=O)(=O)c1cc(N)ccc1Br. The predicted octanol–water partition coefficient (Wildman–Crippen LogP) is 1.47. The molecule has 4 N–H and O–H groups in total. The Kier molecular flexibility index (Phi) is 4.77. The Labute approximate surface area is 116 Å². The van der Waals surface area contributed by atoms with E-state index in [0.29, 0.717) is 16.6 Å². The van der Waals surface area contributed by atoms with Crippen LogP contribution < -0.4 is 10.5 Å². The molecule has 7 heteroatoms. The summed E-state index contributed by atoms with van der Waals surface area (Å²) in [5.41, 5.74) is 5.24. The third kappa shape index (κ3) is 3.94. The molecule has 0 fully saturated rings. The Morgan fingerprint density at radius 2 is 2.06 bits per heavy atom. The van der Waals surface area contributed by atoms with E-state index in [4.69, 9.17) is 10.8 Å². The average Bonchev–Trinajstić information content (AvgIpc) is 2.19. The molecule has 1 aromatic carbocycles. The van der Waals surface area contributed by atoms with Gasteiger partial charge >= 0.3 is 0 Å². The summed E-state index contributed by atoms with van der Waals surface area (Å²) in [5.74, 6) is 0. The second-order valence-electron chi connectivity index (χ2n) is 4.65. The summed E-state index contributed by atoms with van der Waals surface area (Å²) in [5, 5.41) is 8.90. The first-order chi connectivity index (χ1) is 8.18. The van der Waals surface area contributed by atoms with Crippen LogP contribution in [-0.2, 0) is 10.0 Å². The van der Waals surface area contributed by atoms with Gasteiger partial charge in [0.2, 0.25) is 10.0 Å². The van der Waals surface area contributed by atoms with E-state index in [9.17, 15) is 8.42 Å². The molecule has 0 atom stereocenters. The van der Waals surface area contributed by atoms with Crippen molar-refractivity contribution in [2.24, 2.45) is 0 Å². The van der Waals surface area contributed by atoms with Crippen LogP contribution in [0.3, 0.4) is 0 Å². The molecule has 0 bridgehead atoms. The Hall–Kier alpha value is -0.630. The summed E-state index contributed by atoms with van der Waals surface area (Å²) in [6, 6.07) is 4.59. The van der Waals surface area contributed by atoms with Gasteiger partial charge in [-0.15, -0.1) is 0 Å². The lowest BCUT2D eigenvalue weighted by Crippen LogP contribution is -2.44. The van der Waals surface area contributed by atoms with E-state index in [1.165, 1.54) is 6.07 Å². The summed E-state index contributed by atoms with van der Waals surface area (Å²) in [7, 11) is -3.68. The normalized spacial score (nSPS) is 12.7. The summed E-state index contributed by atoms with van der Waals surface area (Å²) in [6.07, 6.45) is 0.326. The van der Waals surface area contributed by atoms with Gasteiger partial charge < -0.3 is 10.8 Å². The average molecular weight is 337 g/mol. The lowest BCUT2D eigenvalue weighted by atomic mass is 10.0. The van der Waals surface area contributed by atoms with Crippen molar-refractivity contribution in [3.8, 4) is 0 Å². The maximum absolute atomic E-state index is 12.2. The third-order valence-electron chi connectivity index (χ3n) is 2.39. The van der Waals surface area contributed by atoms with Crippen LogP contribution in [0.15, 0.2) is 27.6 Å². The van der Waals surface area contributed by atoms with Crippen molar-refractivity contribution in [2.75, 3.05) is 12.3 Å². The quantitative estimate of drug-likeness (QED) is 0.710. The summed E-state index contributed by atoms with van der Waals surface area (Å²) in [6.45, 7) is 3.33. The number of hydrogen-bond donors (Lipinski definition) is 3. The number of sulfonamides is 1. The molecule has 0 saturated carbocycles. The van der Waals surface area contributed by atoms with Crippen LogP contribution in [0.25, 0.3) is 0 Å². The minimum absolute atomic E-state index is 0.0897. The standard InChI is InChI=1S/C11H17BrN2O3S/c1-11(2,5-6-15)14-18(16,17)10-7-8(13)3-4-9(10)12/h3-4,7,14-15H,5-6,13H2,1-2H3. The molecule has 0 heterocycles. The molecule has 1 rings (SSSR count). The topological polar surface area (TPSA) is 92.4 Å². The number of nitrogens with one attached hydrogen (secondary N) is 1. The largest absolute Gasteiger partial charge is 0.399 e. The van der Waals surface area contributed by atoms with Gasteiger partial charge in [-0.2, -0.15) is 0 Å². The molecule has 18 heavy (non-hydrogen) atoms. The van der Waals surface area contributed by atoms with Crippen molar-refractivity contribution in [3.63, 3.8) is 0 Å². The maximum atomic E-state index is 12.2. The zero-order valence-electron chi connectivity index (χ0n) is 10.3. The summed E-state index contributed by atoms with van der Waals surface area (Å²) in [4.78, 5) is 0.0912. The van der Waals surface area contributed by atoms with Gasteiger partial charge in [-0.25, -0.2) is 13.1 Å². The van der Waals surface area contributed by atoms with Gasteiger partial charge in [-0.1, -0.05) is 0 Å². The van der Waals surface area contributed by atoms with Crippen LogP contribution in [-0.4, -0.2) is 25.7 Å². The molecule has 0 aliphatic carbocycles. The molecular weight excluding hydrogens is 320 g/mol. The zero-order chi connectivity index (χ0) is 14.0. The Morgan fingerprint density at radius 1 is 1.44 bits per heavy atom. The molecule has 0 aromatic heterocycles. The van der Waals surface area contributed by atoms with Crippen molar-refractivity contribution in [2.45, 2.75) is 30.7 Å². The van der Waals surface area contributed by atoms with Crippen LogP contribution in [0, 0.1) is 0 Å². The number of nitrogens with two attached hydrogens (primary N) is 1. The van der Waals surface area contributed by atoms with Crippen molar-refractivity contribution in [1.29, 1.82) is 0 Å². The van der Waals surface area contributed by atoms with Crippen LogP contribution in [0.1, 0.15) is 20.3 Å². The van der Waals surface area contributed by atoms with Gasteiger partial charge in [0.25, 0.3) is 0 Å². The van der Waals surface area contributed by atoms with Crippen molar-refractivity contribution in [1.82, 2.24) is 4.72 Å². The number of halogens is 1. The van der Waals surface area contributed by atoms with Crippen LogP contribution in [0.5, 0.6) is 0 Å². The van der Waals surface area contributed by atoms with Crippen LogP contribution >= 0.6 is 15.9 Å². The smallest absolute Gasteiger partial charge is 0.242 e. The molecule has 0 unspecified atom stereocenters. The van der Waals surface area contributed by atoms with Crippen molar-refractivity contribution >= 4 is 31.6 Å². The van der Waals surface area contributed by atoms with Crippen LogP contribution in [0.4, 0.5) is 5.69 Å². The Morgan fingerprint density at radius 3 is 2.61 bits per heavy atom. The number of rotatable bonds is 5. The highest BCUT2D eigenvalue weighted by Gasteiger charge is 2.27. The van der Waals surface area contributed by atoms with Gasteiger partial charge in [0.15, 0.2) is 0 Å². The van der Waals surface area contributed by atoms with E-state index in [1.807, 2.05) is 0 Å². The molecule has 0 aliphatic rings. The van der Waals surface area contributed by atoms with Gasteiger partial charge in [0, 0.05) is 22.3 Å². The molecule has 0 aliphatic heterocycles. The first-order valence-electron chi connectivity index (χ1n) is 5.38. The van der Waals surface area contributed by atoms with Crippen molar-refractivity contribution in [3.05, 3.63) is 22.7 Å². The zero-order valence-corrected chi connectivity index (χ0v) is 12.7. The first kappa shape index (κ1) is 15.4.